The first-order valence-electron chi connectivity index (χ1n) is 8.01. The van der Waals surface area contributed by atoms with Gasteiger partial charge in [-0.15, -0.1) is 0 Å². The van der Waals surface area contributed by atoms with Crippen LogP contribution < -0.4 is 15.8 Å². The molecule has 0 bridgehead atoms. The second-order valence-corrected chi connectivity index (χ2v) is 7.13. The van der Waals surface area contributed by atoms with Gasteiger partial charge in [0.15, 0.2) is 0 Å². The van der Waals surface area contributed by atoms with E-state index < -0.39 is 10.0 Å². The van der Waals surface area contributed by atoms with E-state index in [1.807, 2.05) is 6.92 Å². The van der Waals surface area contributed by atoms with Gasteiger partial charge >= 0.3 is 0 Å². The highest BCUT2D eigenvalue weighted by molar-refractivity contribution is 7.89. The Hall–Kier alpha value is -1.44. The zero-order valence-corrected chi connectivity index (χ0v) is 14.8. The van der Waals surface area contributed by atoms with Gasteiger partial charge in [-0.1, -0.05) is 27.2 Å². The van der Waals surface area contributed by atoms with E-state index in [1.54, 1.807) is 0 Å². The van der Waals surface area contributed by atoms with E-state index >= 15 is 0 Å². The molecule has 0 radical (unpaired) electrons. The minimum Gasteiger partial charge on any atom is -0.337 e. The van der Waals surface area contributed by atoms with E-state index in [-0.39, 0.29) is 17.0 Å². The Morgan fingerprint density at radius 3 is 2.17 bits per heavy atom. The number of hydrogen-bond donors (Lipinski definition) is 3. The van der Waals surface area contributed by atoms with Gasteiger partial charge in [0, 0.05) is 11.6 Å². The standard InChI is InChI=1S/C16H27N3O3S/c1-4-7-13(5-2)18-15(6-3)19-16(20)12-8-10-14(11-9-12)23(17,21)22/h8-11,13,15,18H,4-7H2,1-3H3,(H,19,20)(H2,17,21,22). The van der Waals surface area contributed by atoms with Gasteiger partial charge in [0.1, 0.15) is 0 Å². The fourth-order valence-corrected chi connectivity index (χ4v) is 2.85. The summed E-state index contributed by atoms with van der Waals surface area (Å²) in [7, 11) is -3.74. The normalized spacial score (nSPS) is 14.3. The molecule has 1 rings (SSSR count). The van der Waals surface area contributed by atoms with Crippen molar-refractivity contribution in [1.29, 1.82) is 0 Å². The first-order chi connectivity index (χ1) is 10.8. The zero-order chi connectivity index (χ0) is 17.5. The topological polar surface area (TPSA) is 101 Å². The predicted octanol–water partition coefficient (Wildman–Crippen LogP) is 1.97. The average Bonchev–Trinajstić information content (AvgIpc) is 2.52. The van der Waals surface area contributed by atoms with Crippen molar-refractivity contribution in [3.63, 3.8) is 0 Å². The Morgan fingerprint density at radius 2 is 1.74 bits per heavy atom. The molecule has 130 valence electrons. The highest BCUT2D eigenvalue weighted by Crippen LogP contribution is 2.09. The Balaban J connectivity index is 2.72. The minimum atomic E-state index is -3.74. The van der Waals surface area contributed by atoms with Crippen LogP contribution in [0, 0.1) is 0 Å². The Kier molecular flexibility index (Phi) is 7.67. The molecule has 2 unspecified atom stereocenters. The van der Waals surface area contributed by atoms with Crippen LogP contribution in [0.2, 0.25) is 0 Å². The van der Waals surface area contributed by atoms with Crippen LogP contribution in [0.4, 0.5) is 0 Å². The van der Waals surface area contributed by atoms with Crippen molar-refractivity contribution >= 4 is 15.9 Å². The Morgan fingerprint density at radius 1 is 1.13 bits per heavy atom. The number of nitrogens with one attached hydrogen (secondary N) is 2. The minimum absolute atomic E-state index is 0.00629. The van der Waals surface area contributed by atoms with Crippen molar-refractivity contribution in [2.24, 2.45) is 5.14 Å². The smallest absolute Gasteiger partial charge is 0.252 e. The fraction of sp³-hybridized carbons (Fsp3) is 0.562. The SMILES string of the molecule is CCCC(CC)NC(CC)NC(=O)c1ccc(S(N)(=O)=O)cc1. The number of carbonyl (C=O) groups excluding carboxylic acids is 1. The molecule has 0 aliphatic rings. The average molecular weight is 341 g/mol. The summed E-state index contributed by atoms with van der Waals surface area (Å²) in [4.78, 5) is 12.3. The summed E-state index contributed by atoms with van der Waals surface area (Å²) in [5.41, 5.74) is 0.404. The van der Waals surface area contributed by atoms with Crippen molar-refractivity contribution in [2.45, 2.75) is 63.6 Å². The third kappa shape index (κ3) is 6.29. The molecule has 0 heterocycles. The van der Waals surface area contributed by atoms with Crippen LogP contribution in [-0.4, -0.2) is 26.5 Å². The molecule has 0 fully saturated rings. The van der Waals surface area contributed by atoms with Gasteiger partial charge in [0.2, 0.25) is 10.0 Å². The van der Waals surface area contributed by atoms with Crippen molar-refractivity contribution in [3.05, 3.63) is 29.8 Å². The van der Waals surface area contributed by atoms with Gasteiger partial charge in [-0.3, -0.25) is 10.1 Å². The molecule has 0 saturated carbocycles. The molecule has 6 nitrogen and oxygen atoms in total. The van der Waals surface area contributed by atoms with E-state index in [0.717, 1.165) is 25.7 Å². The maximum Gasteiger partial charge on any atom is 0.252 e. The molecule has 0 saturated heterocycles. The first-order valence-corrected chi connectivity index (χ1v) is 9.56. The molecule has 1 amide bonds. The Labute approximate surface area is 138 Å². The largest absolute Gasteiger partial charge is 0.337 e. The summed E-state index contributed by atoms with van der Waals surface area (Å²) in [6.45, 7) is 6.26. The second-order valence-electron chi connectivity index (χ2n) is 5.56. The van der Waals surface area contributed by atoms with Gasteiger partial charge in [0.05, 0.1) is 11.1 Å². The van der Waals surface area contributed by atoms with E-state index in [9.17, 15) is 13.2 Å². The van der Waals surface area contributed by atoms with Crippen molar-refractivity contribution in [1.82, 2.24) is 10.6 Å². The van der Waals surface area contributed by atoms with Gasteiger partial charge in [-0.2, -0.15) is 0 Å². The van der Waals surface area contributed by atoms with Crippen molar-refractivity contribution < 1.29 is 13.2 Å². The number of benzene rings is 1. The van der Waals surface area contributed by atoms with Crippen LogP contribution in [0.1, 0.15) is 56.8 Å². The summed E-state index contributed by atoms with van der Waals surface area (Å²) in [5, 5.41) is 11.4. The van der Waals surface area contributed by atoms with Crippen LogP contribution >= 0.6 is 0 Å². The fourth-order valence-electron chi connectivity index (χ4n) is 2.34. The lowest BCUT2D eigenvalue weighted by Crippen LogP contribution is -2.49. The number of nitrogens with two attached hydrogens (primary N) is 1. The first kappa shape index (κ1) is 19.6. The Bertz CT molecular complexity index is 600. The van der Waals surface area contributed by atoms with Gasteiger partial charge in [-0.05, 0) is 43.5 Å². The molecule has 23 heavy (non-hydrogen) atoms. The molecule has 1 aromatic carbocycles. The van der Waals surface area contributed by atoms with E-state index in [4.69, 9.17) is 5.14 Å². The van der Waals surface area contributed by atoms with E-state index in [0.29, 0.717) is 11.6 Å². The van der Waals surface area contributed by atoms with Gasteiger partial charge < -0.3 is 5.32 Å². The maximum absolute atomic E-state index is 12.3. The summed E-state index contributed by atoms with van der Waals surface area (Å²) in [6, 6.07) is 5.97. The number of sulfonamides is 1. The summed E-state index contributed by atoms with van der Waals surface area (Å²) in [5.74, 6) is -0.239. The number of rotatable bonds is 9. The molecular weight excluding hydrogens is 314 g/mol. The third-order valence-corrected chi connectivity index (χ3v) is 4.65. The third-order valence-electron chi connectivity index (χ3n) is 3.73. The molecule has 7 heteroatoms. The van der Waals surface area contributed by atoms with Crippen LogP contribution in [0.5, 0.6) is 0 Å². The molecule has 0 spiro atoms. The van der Waals surface area contributed by atoms with Crippen molar-refractivity contribution in [2.75, 3.05) is 0 Å². The molecule has 0 aliphatic heterocycles. The maximum atomic E-state index is 12.3. The highest BCUT2D eigenvalue weighted by atomic mass is 32.2. The highest BCUT2D eigenvalue weighted by Gasteiger charge is 2.16. The van der Waals surface area contributed by atoms with Crippen LogP contribution in [0.3, 0.4) is 0 Å². The zero-order valence-electron chi connectivity index (χ0n) is 14.0. The van der Waals surface area contributed by atoms with Crippen LogP contribution in [0.15, 0.2) is 29.2 Å². The molecule has 4 N–H and O–H groups in total. The molecule has 0 aromatic heterocycles. The monoisotopic (exact) mass is 341 g/mol. The van der Waals surface area contributed by atoms with Crippen LogP contribution in [-0.2, 0) is 10.0 Å². The lowest BCUT2D eigenvalue weighted by molar-refractivity contribution is 0.0923. The second kappa shape index (κ2) is 9.00. The van der Waals surface area contributed by atoms with Gasteiger partial charge in [-0.25, -0.2) is 13.6 Å². The van der Waals surface area contributed by atoms with Crippen molar-refractivity contribution in [3.8, 4) is 0 Å². The molecule has 1 aromatic rings. The van der Waals surface area contributed by atoms with Crippen LogP contribution in [0.25, 0.3) is 0 Å². The quantitative estimate of drug-likeness (QED) is 0.598. The lowest BCUT2D eigenvalue weighted by Gasteiger charge is -2.25. The number of primary sulfonamides is 1. The predicted molar refractivity (Wildman–Crippen MR) is 91.5 cm³/mol. The lowest BCUT2D eigenvalue weighted by atomic mass is 10.1. The van der Waals surface area contributed by atoms with E-state index in [2.05, 4.69) is 24.5 Å². The van der Waals surface area contributed by atoms with E-state index in [1.165, 1.54) is 24.3 Å². The summed E-state index contributed by atoms with van der Waals surface area (Å²) >= 11 is 0. The number of carbonyl (C=O) groups is 1. The summed E-state index contributed by atoms with van der Waals surface area (Å²) < 4.78 is 22.4. The number of amides is 1. The molecule has 2 atom stereocenters. The molecule has 0 aliphatic carbocycles. The summed E-state index contributed by atoms with van der Waals surface area (Å²) in [6.07, 6.45) is 3.80. The van der Waals surface area contributed by atoms with Gasteiger partial charge in [0.25, 0.3) is 5.91 Å². The number of hydrogen-bond acceptors (Lipinski definition) is 4. The molecular formula is C16H27N3O3S.